The molecule has 31 heavy (non-hydrogen) atoms. The molecule has 0 aromatic heterocycles. The third-order valence-electron chi connectivity index (χ3n) is 4.79. The van der Waals surface area contributed by atoms with E-state index in [9.17, 15) is 14.0 Å². The second-order valence-electron chi connectivity index (χ2n) is 7.26. The van der Waals surface area contributed by atoms with Crippen molar-refractivity contribution in [3.05, 3.63) is 100 Å². The highest BCUT2D eigenvalue weighted by molar-refractivity contribution is 7.98. The van der Waals surface area contributed by atoms with E-state index in [1.807, 2.05) is 6.92 Å². The number of rotatable bonds is 8. The minimum absolute atomic E-state index is 0.0395. The van der Waals surface area contributed by atoms with Crippen molar-refractivity contribution in [1.29, 1.82) is 0 Å². The zero-order chi connectivity index (χ0) is 22.2. The zero-order valence-electron chi connectivity index (χ0n) is 17.6. The maximum Gasteiger partial charge on any atom is 0.258 e. The molecule has 0 fully saturated rings. The van der Waals surface area contributed by atoms with Crippen LogP contribution in [0.1, 0.15) is 37.4 Å². The second-order valence-corrected chi connectivity index (χ2v) is 8.36. The summed E-state index contributed by atoms with van der Waals surface area (Å²) >= 11 is 1.76. The van der Waals surface area contributed by atoms with E-state index < -0.39 is 11.7 Å². The van der Waals surface area contributed by atoms with Crippen LogP contribution >= 0.6 is 11.8 Å². The zero-order valence-corrected chi connectivity index (χ0v) is 18.4. The molecule has 3 rings (SSSR count). The SMILES string of the molecule is Cc1ccc(CSCCNC(=O)c2ccc(C)c(NC(=O)c3ccccc3F)c2)cc1. The molecule has 0 atom stereocenters. The molecule has 0 unspecified atom stereocenters. The summed E-state index contributed by atoms with van der Waals surface area (Å²) in [5.41, 5.74) is 4.17. The number of amides is 2. The summed E-state index contributed by atoms with van der Waals surface area (Å²) in [6.07, 6.45) is 0. The van der Waals surface area contributed by atoms with Crippen LogP contribution in [-0.2, 0) is 5.75 Å². The van der Waals surface area contributed by atoms with Gasteiger partial charge in [0.2, 0.25) is 0 Å². The Morgan fingerprint density at radius 2 is 1.68 bits per heavy atom. The second kappa shape index (κ2) is 10.8. The number of halogens is 1. The van der Waals surface area contributed by atoms with E-state index in [-0.39, 0.29) is 11.5 Å². The lowest BCUT2D eigenvalue weighted by Crippen LogP contribution is -2.26. The van der Waals surface area contributed by atoms with Gasteiger partial charge in [-0.05, 0) is 49.2 Å². The van der Waals surface area contributed by atoms with Crippen LogP contribution in [0.4, 0.5) is 10.1 Å². The average molecular weight is 437 g/mol. The lowest BCUT2D eigenvalue weighted by Gasteiger charge is -2.11. The number of hydrogen-bond acceptors (Lipinski definition) is 3. The molecule has 0 heterocycles. The molecule has 2 amide bonds. The number of nitrogens with one attached hydrogen (secondary N) is 2. The molecule has 6 heteroatoms. The van der Waals surface area contributed by atoms with Crippen molar-refractivity contribution in [3.8, 4) is 0 Å². The Hall–Kier alpha value is -3.12. The Labute approximate surface area is 186 Å². The molecule has 0 radical (unpaired) electrons. The van der Waals surface area contributed by atoms with Gasteiger partial charge in [0.15, 0.2) is 0 Å². The number of carbonyl (C=O) groups excluding carboxylic acids is 2. The van der Waals surface area contributed by atoms with Crippen molar-refractivity contribution >= 4 is 29.3 Å². The van der Waals surface area contributed by atoms with E-state index >= 15 is 0 Å². The summed E-state index contributed by atoms with van der Waals surface area (Å²) in [6, 6.07) is 19.3. The molecule has 0 aliphatic carbocycles. The minimum atomic E-state index is -0.588. The van der Waals surface area contributed by atoms with E-state index in [2.05, 4.69) is 41.8 Å². The molecule has 0 aliphatic heterocycles. The lowest BCUT2D eigenvalue weighted by atomic mass is 10.1. The number of anilines is 1. The summed E-state index contributed by atoms with van der Waals surface area (Å²) in [7, 11) is 0. The highest BCUT2D eigenvalue weighted by Crippen LogP contribution is 2.19. The first-order valence-electron chi connectivity index (χ1n) is 10.0. The van der Waals surface area contributed by atoms with Crippen molar-refractivity contribution in [3.63, 3.8) is 0 Å². The van der Waals surface area contributed by atoms with Gasteiger partial charge in [-0.25, -0.2) is 4.39 Å². The van der Waals surface area contributed by atoms with Gasteiger partial charge in [0.05, 0.1) is 5.56 Å². The molecule has 0 aliphatic rings. The third kappa shape index (κ3) is 6.43. The van der Waals surface area contributed by atoms with Gasteiger partial charge in [-0.3, -0.25) is 9.59 Å². The summed E-state index contributed by atoms with van der Waals surface area (Å²) < 4.78 is 13.9. The van der Waals surface area contributed by atoms with Crippen molar-refractivity contribution < 1.29 is 14.0 Å². The molecule has 160 valence electrons. The Morgan fingerprint density at radius 1 is 0.935 bits per heavy atom. The van der Waals surface area contributed by atoms with Crippen molar-refractivity contribution in [2.45, 2.75) is 19.6 Å². The molecule has 0 saturated carbocycles. The molecular weight excluding hydrogens is 411 g/mol. The lowest BCUT2D eigenvalue weighted by molar-refractivity contribution is 0.0954. The number of aryl methyl sites for hydroxylation is 2. The largest absolute Gasteiger partial charge is 0.351 e. The van der Waals surface area contributed by atoms with Crippen molar-refractivity contribution in [2.24, 2.45) is 0 Å². The monoisotopic (exact) mass is 436 g/mol. The molecular formula is C25H25FN2O2S. The van der Waals surface area contributed by atoms with Crippen LogP contribution in [0.3, 0.4) is 0 Å². The number of benzene rings is 3. The predicted octanol–water partition coefficient (Wildman–Crippen LogP) is 5.36. The van der Waals surface area contributed by atoms with E-state index in [4.69, 9.17) is 0 Å². The van der Waals surface area contributed by atoms with Crippen molar-refractivity contribution in [1.82, 2.24) is 5.32 Å². The highest BCUT2D eigenvalue weighted by Gasteiger charge is 2.14. The van der Waals surface area contributed by atoms with Crippen LogP contribution in [0.15, 0.2) is 66.7 Å². The van der Waals surface area contributed by atoms with Crippen LogP contribution < -0.4 is 10.6 Å². The first-order chi connectivity index (χ1) is 14.9. The summed E-state index contributed by atoms with van der Waals surface area (Å²) in [6.45, 7) is 4.43. The Kier molecular flexibility index (Phi) is 7.84. The number of thioether (sulfide) groups is 1. The van der Waals surface area contributed by atoms with Gasteiger partial charge in [-0.15, -0.1) is 0 Å². The predicted molar refractivity (Wildman–Crippen MR) is 125 cm³/mol. The van der Waals surface area contributed by atoms with Gasteiger partial charge in [0, 0.05) is 29.3 Å². The van der Waals surface area contributed by atoms with E-state index in [0.717, 1.165) is 17.1 Å². The van der Waals surface area contributed by atoms with E-state index in [0.29, 0.717) is 17.8 Å². The van der Waals surface area contributed by atoms with Crippen LogP contribution in [0, 0.1) is 19.7 Å². The van der Waals surface area contributed by atoms with Crippen LogP contribution in [0.5, 0.6) is 0 Å². The fourth-order valence-electron chi connectivity index (χ4n) is 2.95. The molecule has 0 spiro atoms. The van der Waals surface area contributed by atoms with Gasteiger partial charge in [0.25, 0.3) is 11.8 Å². The minimum Gasteiger partial charge on any atom is -0.351 e. The first kappa shape index (κ1) is 22.6. The topological polar surface area (TPSA) is 58.2 Å². The fourth-order valence-corrected chi connectivity index (χ4v) is 3.76. The van der Waals surface area contributed by atoms with Gasteiger partial charge < -0.3 is 10.6 Å². The summed E-state index contributed by atoms with van der Waals surface area (Å²) in [5, 5.41) is 5.60. The smallest absolute Gasteiger partial charge is 0.258 e. The summed E-state index contributed by atoms with van der Waals surface area (Å²) in [5.74, 6) is 0.341. The van der Waals surface area contributed by atoms with Gasteiger partial charge in [0.1, 0.15) is 5.82 Å². The van der Waals surface area contributed by atoms with Crippen LogP contribution in [0.2, 0.25) is 0 Å². The Morgan fingerprint density at radius 3 is 2.42 bits per heavy atom. The number of hydrogen-bond donors (Lipinski definition) is 2. The molecule has 4 nitrogen and oxygen atoms in total. The van der Waals surface area contributed by atoms with Gasteiger partial charge >= 0.3 is 0 Å². The van der Waals surface area contributed by atoms with Gasteiger partial charge in [-0.1, -0.05) is 48.0 Å². The van der Waals surface area contributed by atoms with E-state index in [1.54, 1.807) is 36.0 Å². The molecule has 0 bridgehead atoms. The summed E-state index contributed by atoms with van der Waals surface area (Å²) in [4.78, 5) is 24.9. The molecule has 3 aromatic carbocycles. The Balaban J connectivity index is 1.52. The standard InChI is InChI=1S/C25H25FN2O2S/c1-17-7-10-19(11-8-17)16-31-14-13-27-24(29)20-12-9-18(2)23(15-20)28-25(30)21-5-3-4-6-22(21)26/h3-12,15H,13-14,16H2,1-2H3,(H,27,29)(H,28,30). The highest BCUT2D eigenvalue weighted by atomic mass is 32.2. The normalized spacial score (nSPS) is 10.5. The average Bonchev–Trinajstić information content (AvgIpc) is 2.76. The third-order valence-corrected chi connectivity index (χ3v) is 5.82. The Bertz CT molecular complexity index is 1070. The van der Waals surface area contributed by atoms with Crippen molar-refractivity contribution in [2.75, 3.05) is 17.6 Å². The molecule has 3 aromatic rings. The maximum absolute atomic E-state index is 13.9. The van der Waals surface area contributed by atoms with E-state index in [1.165, 1.54) is 29.3 Å². The van der Waals surface area contributed by atoms with Crippen LogP contribution in [0.25, 0.3) is 0 Å². The maximum atomic E-state index is 13.9. The fraction of sp³-hybridized carbons (Fsp3) is 0.200. The molecule has 0 saturated heterocycles. The van der Waals surface area contributed by atoms with Crippen LogP contribution in [-0.4, -0.2) is 24.1 Å². The quantitative estimate of drug-likeness (QED) is 0.468. The van der Waals surface area contributed by atoms with Gasteiger partial charge in [-0.2, -0.15) is 11.8 Å². The molecule has 2 N–H and O–H groups in total. The first-order valence-corrected chi connectivity index (χ1v) is 11.2. The number of carbonyl (C=O) groups is 2.